The van der Waals surface area contributed by atoms with Crippen LogP contribution >= 0.6 is 27.0 Å². The molecule has 314 valence electrons. The number of rotatable bonds is 10. The molecule has 1 aliphatic heterocycles. The van der Waals surface area contributed by atoms with E-state index in [1.54, 1.807) is 20.8 Å². The molecule has 1 heterocycles. The smallest absolute Gasteiger partial charge is 0.857 e. The zero-order chi connectivity index (χ0) is 40.5. The van der Waals surface area contributed by atoms with Gasteiger partial charge in [-0.1, -0.05) is 41.5 Å². The van der Waals surface area contributed by atoms with Gasteiger partial charge < -0.3 is 38.6 Å². The monoisotopic (exact) mass is 844 g/mol. The number of hydrogen-bond acceptors (Lipinski definition) is 11. The normalized spacial score (nSPS) is 15.1. The molecule has 0 aromatic rings. The predicted octanol–water partition coefficient (Wildman–Crippen LogP) is 3.60. The fourth-order valence-electron chi connectivity index (χ4n) is 3.58. The number of carbonyl (C=O) groups excluding carboxylic acids is 4. The molecule has 18 heteroatoms. The summed E-state index contributed by atoms with van der Waals surface area (Å²) < 4.78 is 27.6. The molecule has 0 radical (unpaired) electrons. The molecule has 0 aromatic carbocycles. The van der Waals surface area contributed by atoms with Crippen molar-refractivity contribution >= 4 is 67.7 Å². The van der Waals surface area contributed by atoms with E-state index >= 15 is 0 Å². The minimum Gasteiger partial charge on any atom is -0.857 e. The molecule has 3 amide bonds. The molecule has 13 nitrogen and oxygen atoms in total. The van der Waals surface area contributed by atoms with Gasteiger partial charge in [0.15, 0.2) is 16.6 Å². The average molecular weight is 845 g/mol. The average Bonchev–Trinajstić information content (AvgIpc) is 3.33. The van der Waals surface area contributed by atoms with Crippen LogP contribution in [0, 0.1) is 0 Å². The largest absolute Gasteiger partial charge is 1.00 e. The molecular formula is C35H77N2NaO11S2Si2. The minimum absolute atomic E-state index is 0. The van der Waals surface area contributed by atoms with Gasteiger partial charge in [-0.25, -0.2) is 14.5 Å². The van der Waals surface area contributed by atoms with E-state index in [-0.39, 0.29) is 97.0 Å². The quantitative estimate of drug-likeness (QED) is 0.187. The van der Waals surface area contributed by atoms with E-state index in [0.29, 0.717) is 32.5 Å². The standard InChI is InChI=1S/C17H35NO5Si.C16H31NO4Si.CH4O.CH3O.Na.2H2S/c1-16(2,3)23-15(20)18-13(10-11-14(19)21-7)12-22-24(8,9)17(4,5)6;1-15(2,3)21-14(19)17-12(9-10-13(17)18)11-20-22(7,8)16(4,5)6;2*1-2;;;/h13H,10-12H2,1-9H3,(H,18,20);12H,9-11H2,1-8H3;2H,1H3;1H3;;2*1H2/q;;;-1;+1;;/t13-;;;;;;/m0....../s1. The second kappa shape index (κ2) is 28.1. The molecule has 0 spiro atoms. The van der Waals surface area contributed by atoms with Crippen LogP contribution in [0.25, 0.3) is 0 Å². The Morgan fingerprint density at radius 1 is 0.830 bits per heavy atom. The number of methoxy groups -OCH3 is 1. The van der Waals surface area contributed by atoms with Crippen molar-refractivity contribution < 1.29 is 82.0 Å². The molecule has 1 fully saturated rings. The SMILES string of the molecule is CC(C)(C)OC(=O)N1C(=O)CCC1CO[Si](C)(C)C(C)(C)C.CO.COC(=O)CC[C@@H](CO[Si](C)(C)C(C)(C)C)NC(=O)OC(C)(C)C.C[O-].S.S.[Na+]. The first-order valence-electron chi connectivity index (χ1n) is 17.2. The molecule has 1 saturated heterocycles. The van der Waals surface area contributed by atoms with E-state index in [2.05, 4.69) is 77.8 Å². The van der Waals surface area contributed by atoms with Crippen molar-refractivity contribution in [2.24, 2.45) is 0 Å². The molecule has 0 aromatic heterocycles. The molecule has 1 unspecified atom stereocenters. The molecule has 0 saturated carbocycles. The number of esters is 1. The number of carbonyl (C=O) groups is 4. The van der Waals surface area contributed by atoms with Crippen LogP contribution < -0.4 is 40.0 Å². The predicted molar refractivity (Wildman–Crippen MR) is 222 cm³/mol. The van der Waals surface area contributed by atoms with E-state index in [1.807, 2.05) is 20.8 Å². The molecule has 2 N–H and O–H groups in total. The summed E-state index contributed by atoms with van der Waals surface area (Å²) in [5.74, 6) is -0.476. The van der Waals surface area contributed by atoms with E-state index in [4.69, 9.17) is 28.5 Å². The first-order valence-corrected chi connectivity index (χ1v) is 23.0. The fraction of sp³-hybridized carbons (Fsp3) is 0.886. The zero-order valence-corrected chi connectivity index (χ0v) is 42.9. The van der Waals surface area contributed by atoms with E-state index < -0.39 is 40.0 Å². The molecule has 1 rings (SSSR count). The number of ether oxygens (including phenoxy) is 3. The number of aliphatic hydroxyl groups excluding tert-OH is 1. The van der Waals surface area contributed by atoms with Gasteiger partial charge in [-0.2, -0.15) is 34.1 Å². The number of alkyl carbamates (subject to hydrolysis) is 1. The molecule has 0 aliphatic carbocycles. The number of aliphatic hydroxyl groups is 1. The van der Waals surface area contributed by atoms with Crippen LogP contribution in [0.2, 0.25) is 36.3 Å². The van der Waals surface area contributed by atoms with E-state index in [0.717, 1.165) is 14.2 Å². The zero-order valence-electron chi connectivity index (χ0n) is 36.9. The summed E-state index contributed by atoms with van der Waals surface area (Å²) in [7, 11) is -0.732. The first-order chi connectivity index (χ1) is 22.4. The molecule has 2 atom stereocenters. The summed E-state index contributed by atoms with van der Waals surface area (Å²) in [6.07, 6.45) is 0.630. The second-order valence-corrected chi connectivity index (χ2v) is 26.7. The van der Waals surface area contributed by atoms with Crippen LogP contribution in [0.15, 0.2) is 0 Å². The van der Waals surface area contributed by atoms with Crippen LogP contribution in [-0.2, 0) is 32.7 Å². The van der Waals surface area contributed by atoms with Crippen LogP contribution in [0.5, 0.6) is 0 Å². The summed E-state index contributed by atoms with van der Waals surface area (Å²) >= 11 is 0. The maximum Gasteiger partial charge on any atom is 1.00 e. The van der Waals surface area contributed by atoms with Crippen molar-refractivity contribution in [1.82, 2.24) is 10.2 Å². The minimum atomic E-state index is -1.94. The van der Waals surface area contributed by atoms with Gasteiger partial charge in [0.05, 0.1) is 32.4 Å². The van der Waals surface area contributed by atoms with Crippen molar-refractivity contribution in [1.29, 1.82) is 0 Å². The molecular weight excluding hydrogens is 768 g/mol. The second-order valence-electron chi connectivity index (χ2n) is 17.0. The molecule has 53 heavy (non-hydrogen) atoms. The van der Waals surface area contributed by atoms with Gasteiger partial charge in [0.25, 0.3) is 0 Å². The fourth-order valence-corrected chi connectivity index (χ4v) is 5.67. The van der Waals surface area contributed by atoms with Gasteiger partial charge in [-0.15, -0.1) is 0 Å². The summed E-state index contributed by atoms with van der Waals surface area (Å²) in [6.45, 7) is 33.2. The van der Waals surface area contributed by atoms with Crippen LogP contribution in [0.4, 0.5) is 9.59 Å². The van der Waals surface area contributed by atoms with E-state index in [9.17, 15) is 19.2 Å². The summed E-state index contributed by atoms with van der Waals surface area (Å²) in [4.78, 5) is 48.9. The Morgan fingerprint density at radius 2 is 1.25 bits per heavy atom. The Morgan fingerprint density at radius 3 is 1.62 bits per heavy atom. The van der Waals surface area contributed by atoms with Crippen LogP contribution in [-0.4, -0.2) is 109 Å². The van der Waals surface area contributed by atoms with Crippen molar-refractivity contribution in [2.45, 2.75) is 168 Å². The maximum atomic E-state index is 12.2. The number of imide groups is 1. The van der Waals surface area contributed by atoms with Crippen LogP contribution in [0.1, 0.15) is 109 Å². The van der Waals surface area contributed by atoms with Crippen molar-refractivity contribution in [3.8, 4) is 0 Å². The molecule has 1 aliphatic rings. The van der Waals surface area contributed by atoms with Gasteiger partial charge in [-0.3, -0.25) is 9.59 Å². The topological polar surface area (TPSA) is 173 Å². The van der Waals surface area contributed by atoms with Crippen molar-refractivity contribution in [3.05, 3.63) is 0 Å². The summed E-state index contributed by atoms with van der Waals surface area (Å²) in [5, 5.41) is 18.2. The van der Waals surface area contributed by atoms with Gasteiger partial charge in [0, 0.05) is 20.0 Å². The summed E-state index contributed by atoms with van der Waals surface area (Å²) in [6, 6.07) is -0.510. The number of nitrogens with one attached hydrogen (secondary N) is 1. The third-order valence-electron chi connectivity index (χ3n) is 8.46. The number of likely N-dealkylation sites (tertiary alicyclic amines) is 1. The molecule has 0 bridgehead atoms. The Labute approximate surface area is 360 Å². The Bertz CT molecular complexity index is 1050. The van der Waals surface area contributed by atoms with Crippen molar-refractivity contribution in [3.63, 3.8) is 0 Å². The van der Waals surface area contributed by atoms with Gasteiger partial charge in [-0.05, 0) is 90.6 Å². The van der Waals surface area contributed by atoms with Gasteiger partial charge >= 0.3 is 47.7 Å². The van der Waals surface area contributed by atoms with Gasteiger partial charge in [0.2, 0.25) is 5.91 Å². The Kier molecular flexibility index (Phi) is 34.2. The first kappa shape index (κ1) is 64.5. The Balaban J connectivity index is -0.000000181. The van der Waals surface area contributed by atoms with E-state index in [1.165, 1.54) is 12.0 Å². The number of nitrogens with zero attached hydrogens (tertiary/aromatic N) is 1. The number of hydrogen-bond donors (Lipinski definition) is 2. The third-order valence-corrected chi connectivity index (χ3v) is 17.5. The third kappa shape index (κ3) is 27.8. The van der Waals surface area contributed by atoms with Crippen molar-refractivity contribution in [2.75, 3.05) is 34.5 Å². The summed E-state index contributed by atoms with van der Waals surface area (Å²) in [5.41, 5.74) is -1.18. The van der Waals surface area contributed by atoms with Gasteiger partial charge in [0.1, 0.15) is 11.2 Å². The Hall–Kier alpha value is -0.346. The number of amides is 3. The van der Waals surface area contributed by atoms with Crippen LogP contribution in [0.3, 0.4) is 0 Å². The maximum absolute atomic E-state index is 12.2.